The van der Waals surface area contributed by atoms with Crippen LogP contribution >= 0.6 is 0 Å². The molecule has 0 unspecified atom stereocenters. The number of nitriles is 1. The van der Waals surface area contributed by atoms with E-state index in [9.17, 15) is 63.7 Å². The second-order valence-electron chi connectivity index (χ2n) is 18.9. The first-order valence-electron chi connectivity index (χ1n) is 26.4. The smallest absolute Gasteiger partial charge is 0.331 e. The van der Waals surface area contributed by atoms with Crippen LogP contribution in [0.1, 0.15) is 94.6 Å². The Morgan fingerprint density at radius 2 is 1.32 bits per heavy atom. The zero-order valence-corrected chi connectivity index (χ0v) is 44.6. The Kier molecular flexibility index (Phi) is 31.7. The first kappa shape index (κ1) is 67.9. The minimum absolute atomic E-state index is 0.0112. The quantitative estimate of drug-likeness (QED) is 0.0127. The van der Waals surface area contributed by atoms with E-state index in [4.69, 9.17) is 45.9 Å². The van der Waals surface area contributed by atoms with Crippen LogP contribution in [0.4, 0.5) is 0 Å². The molecule has 25 N–H and O–H groups in total. The summed E-state index contributed by atoms with van der Waals surface area (Å²) in [5.74, 6) is -8.06. The van der Waals surface area contributed by atoms with Gasteiger partial charge in [-0.05, 0) is 108 Å². The first-order valence-corrected chi connectivity index (χ1v) is 26.4. The van der Waals surface area contributed by atoms with Crippen LogP contribution in [0.2, 0.25) is 0 Å². The van der Waals surface area contributed by atoms with E-state index in [1.807, 2.05) is 6.07 Å². The Hall–Kier alpha value is -7.17. The highest BCUT2D eigenvalue weighted by Crippen LogP contribution is 2.21. The van der Waals surface area contributed by atoms with E-state index >= 15 is 0 Å². The molecular formula is C50H83N17O12. The van der Waals surface area contributed by atoms with Gasteiger partial charge in [-0.3, -0.25) is 43.3 Å². The molecule has 1 aromatic carbocycles. The number of benzene rings is 1. The SMILES string of the molecule is N#Cc1ccc(C[C@H](NC(=O)[C@@H]2CCCN2C(=O)[C@@H](CCCN)NC(=O)CNC(=O)[C@@H](NC(=O)[C@@H](NC(=O)[C@@H](N)CCCCN)[C@@H](O)CN)[C@@H](O)CN)C(=O)N[C@@H](CCCCN)C(=O)CC/C(=C\CCN=C(N)N)C(=O)O)cc1. The standard InChI is InChI=1S/C50H83N17O12/c51-19-3-1-9-32(57)43(72)65-42(39(70)27-56)47(76)66-41(38(69)26-55)46(75)61-28-40(71)62-34(11-5-21-53)48(77)67-23-7-12-36(67)45(74)64-35(24-29-13-15-30(25-54)16-14-29)44(73)63-33(10-2-4-20-52)37(68)18-17-31(49(78)79)8-6-22-60-50(58)59/h8,13-16,32-36,38-39,41-42,69-70H,1-7,9-12,17-24,26-28,51-53,55-57H2,(H,61,75)(H,62,71)(H,63,73)(H,64,74)(H,65,72)(H,66,76)(H,78,79)(H4,58,59,60)/b31-8+/t32-,33-,34+,35-,36-,38-,39-,41-,42-/m0/s1. The lowest BCUT2D eigenvalue weighted by Gasteiger charge is -2.30. The number of hydrogen-bond acceptors (Lipinski definition) is 19. The van der Waals surface area contributed by atoms with Crippen molar-refractivity contribution >= 4 is 59.1 Å². The zero-order valence-electron chi connectivity index (χ0n) is 44.6. The Morgan fingerprint density at radius 1 is 0.722 bits per heavy atom. The summed E-state index contributed by atoms with van der Waals surface area (Å²) in [6, 6.07) is -1.31. The number of unbranched alkanes of at least 4 members (excludes halogenated alkanes) is 2. The molecule has 440 valence electrons. The predicted octanol–water partition coefficient (Wildman–Crippen LogP) is -6.38. The van der Waals surface area contributed by atoms with Gasteiger partial charge in [-0.25, -0.2) is 4.79 Å². The van der Waals surface area contributed by atoms with Gasteiger partial charge >= 0.3 is 5.97 Å². The molecule has 9 atom stereocenters. The summed E-state index contributed by atoms with van der Waals surface area (Å²) in [5.41, 5.74) is 45.7. The number of guanidine groups is 1. The topological polar surface area (TPSA) is 534 Å². The molecule has 1 aliphatic heterocycles. The largest absolute Gasteiger partial charge is 0.478 e. The van der Waals surface area contributed by atoms with Crippen molar-refractivity contribution in [1.82, 2.24) is 36.8 Å². The molecule has 0 radical (unpaired) electrons. The van der Waals surface area contributed by atoms with E-state index in [1.54, 1.807) is 12.1 Å². The van der Waals surface area contributed by atoms with Crippen molar-refractivity contribution < 1.29 is 58.5 Å². The van der Waals surface area contributed by atoms with Crippen molar-refractivity contribution in [1.29, 1.82) is 5.26 Å². The van der Waals surface area contributed by atoms with Gasteiger partial charge in [-0.2, -0.15) is 5.26 Å². The second kappa shape index (κ2) is 36.8. The van der Waals surface area contributed by atoms with E-state index in [1.165, 1.54) is 23.1 Å². The first-order chi connectivity index (χ1) is 37.7. The molecule has 0 saturated carbocycles. The van der Waals surface area contributed by atoms with Gasteiger partial charge in [0.25, 0.3) is 0 Å². The van der Waals surface area contributed by atoms with E-state index in [2.05, 4.69) is 36.9 Å². The third-order valence-corrected chi connectivity index (χ3v) is 12.8. The molecule has 0 aliphatic carbocycles. The molecule has 2 rings (SSSR count). The van der Waals surface area contributed by atoms with Crippen LogP contribution in [0, 0.1) is 11.3 Å². The van der Waals surface area contributed by atoms with Gasteiger partial charge in [-0.1, -0.05) is 24.6 Å². The van der Waals surface area contributed by atoms with Gasteiger partial charge in [-0.15, -0.1) is 0 Å². The van der Waals surface area contributed by atoms with E-state index < -0.39 is 127 Å². The average Bonchev–Trinajstić information content (AvgIpc) is 3.97. The highest BCUT2D eigenvalue weighted by Gasteiger charge is 2.40. The van der Waals surface area contributed by atoms with Crippen molar-refractivity contribution in [3.8, 4) is 6.07 Å². The number of carbonyl (C=O) groups is 9. The van der Waals surface area contributed by atoms with Crippen molar-refractivity contribution in [2.45, 2.75) is 144 Å². The number of aliphatic hydroxyl groups excluding tert-OH is 2. The number of likely N-dealkylation sites (tertiary alicyclic amines) is 1. The van der Waals surface area contributed by atoms with Crippen LogP contribution in [0.5, 0.6) is 0 Å². The van der Waals surface area contributed by atoms with Crippen LogP contribution in [-0.4, -0.2) is 186 Å². The highest BCUT2D eigenvalue weighted by atomic mass is 16.4. The second-order valence-corrected chi connectivity index (χ2v) is 18.9. The molecule has 1 heterocycles. The number of rotatable bonds is 38. The monoisotopic (exact) mass is 1110 g/mol. The number of aliphatic imine (C=N–C) groups is 1. The maximum atomic E-state index is 14.3. The summed E-state index contributed by atoms with van der Waals surface area (Å²) in [7, 11) is 0. The Labute approximate surface area is 459 Å². The Balaban J connectivity index is 2.33. The van der Waals surface area contributed by atoms with Gasteiger partial charge in [0, 0.05) is 44.6 Å². The molecule has 0 aromatic heterocycles. The molecule has 1 aromatic rings. The fourth-order valence-electron chi connectivity index (χ4n) is 8.36. The molecule has 0 spiro atoms. The molecule has 79 heavy (non-hydrogen) atoms. The molecule has 0 bridgehead atoms. The molecule has 1 fully saturated rings. The van der Waals surface area contributed by atoms with Crippen molar-refractivity contribution in [2.24, 2.45) is 50.9 Å². The number of aliphatic carboxylic acids is 1. The van der Waals surface area contributed by atoms with E-state index in [-0.39, 0.29) is 89.0 Å². The predicted molar refractivity (Wildman–Crippen MR) is 290 cm³/mol. The number of Topliss-reactive ketones (excluding diaryl/α,β-unsaturated/α-hetero) is 1. The third kappa shape index (κ3) is 24.2. The normalized spacial score (nSPS) is 16.3. The van der Waals surface area contributed by atoms with E-state index in [0.29, 0.717) is 56.3 Å². The Bertz CT molecular complexity index is 2280. The van der Waals surface area contributed by atoms with Crippen molar-refractivity contribution in [2.75, 3.05) is 52.4 Å². The maximum absolute atomic E-state index is 14.3. The Morgan fingerprint density at radius 3 is 1.90 bits per heavy atom. The van der Waals surface area contributed by atoms with Crippen molar-refractivity contribution in [3.63, 3.8) is 0 Å². The number of carboxylic acids is 1. The van der Waals surface area contributed by atoms with Crippen LogP contribution < -0.4 is 77.8 Å². The molecule has 1 saturated heterocycles. The lowest BCUT2D eigenvalue weighted by molar-refractivity contribution is -0.142. The fourth-order valence-corrected chi connectivity index (χ4v) is 8.36. The molecule has 29 heteroatoms. The molecule has 29 nitrogen and oxygen atoms in total. The zero-order chi connectivity index (χ0) is 59.0. The van der Waals surface area contributed by atoms with Crippen LogP contribution in [0.25, 0.3) is 0 Å². The van der Waals surface area contributed by atoms with Crippen LogP contribution in [-0.2, 0) is 49.6 Å². The number of ketones is 1. The number of nitrogens with one attached hydrogen (secondary N) is 6. The number of amides is 7. The minimum atomic E-state index is -1.83. The number of carboxylic acid groups (broad SMARTS) is 1. The molecule has 7 amide bonds. The summed E-state index contributed by atoms with van der Waals surface area (Å²) in [5, 5.41) is 55.3. The van der Waals surface area contributed by atoms with Crippen LogP contribution in [0.3, 0.4) is 0 Å². The number of nitrogens with two attached hydrogens (primary N) is 8. The average molecular weight is 1110 g/mol. The maximum Gasteiger partial charge on any atom is 0.331 e. The van der Waals surface area contributed by atoms with Gasteiger partial charge in [0.15, 0.2) is 11.7 Å². The number of hydrogen-bond donors (Lipinski definition) is 17. The minimum Gasteiger partial charge on any atom is -0.478 e. The van der Waals surface area contributed by atoms with Gasteiger partial charge in [0.05, 0.1) is 42.5 Å². The van der Waals surface area contributed by atoms with Crippen LogP contribution in [0.15, 0.2) is 40.9 Å². The number of carbonyl (C=O) groups excluding carboxylic acids is 8. The summed E-state index contributed by atoms with van der Waals surface area (Å²) in [4.78, 5) is 127. The highest BCUT2D eigenvalue weighted by molar-refractivity contribution is 5.98. The molecule has 1 aliphatic rings. The van der Waals surface area contributed by atoms with Gasteiger partial charge in [0.2, 0.25) is 41.4 Å². The summed E-state index contributed by atoms with van der Waals surface area (Å²) in [6.45, 7) is -0.940. The number of aliphatic hydroxyl groups is 2. The number of nitrogens with zero attached hydrogens (tertiary/aromatic N) is 3. The summed E-state index contributed by atoms with van der Waals surface area (Å²) < 4.78 is 0. The van der Waals surface area contributed by atoms with Gasteiger partial charge in [0.1, 0.15) is 30.2 Å². The summed E-state index contributed by atoms with van der Waals surface area (Å²) >= 11 is 0. The van der Waals surface area contributed by atoms with E-state index in [0.717, 1.165) is 0 Å². The third-order valence-electron chi connectivity index (χ3n) is 12.8. The lowest BCUT2D eigenvalue weighted by atomic mass is 9.97. The lowest BCUT2D eigenvalue weighted by Crippen LogP contribution is -2.63. The summed E-state index contributed by atoms with van der Waals surface area (Å²) in [6.07, 6.45) is 0.681. The fraction of sp³-hybridized carbons (Fsp3) is 0.620. The van der Waals surface area contributed by atoms with Crippen molar-refractivity contribution in [3.05, 3.63) is 47.0 Å². The molecular weight excluding hydrogens is 1030 g/mol. The van der Waals surface area contributed by atoms with Gasteiger partial charge < -0.3 is 98.0 Å².